The molecule has 18 heavy (non-hydrogen) atoms. The molecule has 0 unspecified atom stereocenters. The zero-order chi connectivity index (χ0) is 13.4. The number of benzene rings is 1. The van der Waals surface area contributed by atoms with Crippen molar-refractivity contribution in [2.75, 3.05) is 20.7 Å². The van der Waals surface area contributed by atoms with Crippen LogP contribution in [0.5, 0.6) is 5.75 Å². The molecule has 0 aliphatic rings. The second-order valence-corrected chi connectivity index (χ2v) is 4.19. The van der Waals surface area contributed by atoms with E-state index in [0.717, 1.165) is 24.3 Å². The third-order valence-corrected chi connectivity index (χ3v) is 2.92. The molecule has 0 aliphatic carbocycles. The van der Waals surface area contributed by atoms with Gasteiger partial charge in [0.2, 0.25) is 5.91 Å². The van der Waals surface area contributed by atoms with E-state index in [1.807, 2.05) is 18.2 Å². The van der Waals surface area contributed by atoms with Gasteiger partial charge >= 0.3 is 0 Å². The smallest absolute Gasteiger partial charge is 0.219 e. The van der Waals surface area contributed by atoms with Gasteiger partial charge in [-0.1, -0.05) is 18.2 Å². The standard InChI is InChI=1S/C14H22N2O2/c1-11(16-10-6-9-14(17)15-2)12-7-4-5-8-13(12)18-3/h4-5,7-8,11,16H,6,9-10H2,1-3H3,(H,15,17)/t11-/m1/s1. The fraction of sp³-hybridized carbons (Fsp3) is 0.500. The fourth-order valence-corrected chi connectivity index (χ4v) is 1.83. The molecule has 0 bridgehead atoms. The largest absolute Gasteiger partial charge is 0.496 e. The molecule has 0 heterocycles. The van der Waals surface area contributed by atoms with Gasteiger partial charge in [0.15, 0.2) is 0 Å². The Balaban J connectivity index is 2.40. The molecule has 1 aromatic carbocycles. The number of amides is 1. The lowest BCUT2D eigenvalue weighted by atomic mass is 10.1. The fourth-order valence-electron chi connectivity index (χ4n) is 1.83. The van der Waals surface area contributed by atoms with Crippen molar-refractivity contribution >= 4 is 5.91 Å². The van der Waals surface area contributed by atoms with Crippen LogP contribution in [0.25, 0.3) is 0 Å². The Kier molecular flexibility index (Phi) is 6.22. The second-order valence-electron chi connectivity index (χ2n) is 4.19. The number of carbonyl (C=O) groups is 1. The first-order valence-corrected chi connectivity index (χ1v) is 6.26. The van der Waals surface area contributed by atoms with Crippen LogP contribution in [-0.2, 0) is 4.79 Å². The van der Waals surface area contributed by atoms with Gasteiger partial charge in [0.1, 0.15) is 5.75 Å². The molecule has 0 aliphatic heterocycles. The van der Waals surface area contributed by atoms with Crippen LogP contribution in [0.3, 0.4) is 0 Å². The van der Waals surface area contributed by atoms with Crippen LogP contribution in [-0.4, -0.2) is 26.6 Å². The van der Waals surface area contributed by atoms with Gasteiger partial charge < -0.3 is 15.4 Å². The van der Waals surface area contributed by atoms with Crippen LogP contribution in [0, 0.1) is 0 Å². The van der Waals surface area contributed by atoms with E-state index in [2.05, 4.69) is 23.6 Å². The highest BCUT2D eigenvalue weighted by molar-refractivity contribution is 5.75. The molecule has 0 radical (unpaired) electrons. The van der Waals surface area contributed by atoms with Gasteiger partial charge in [0.25, 0.3) is 0 Å². The number of ether oxygens (including phenoxy) is 1. The minimum Gasteiger partial charge on any atom is -0.496 e. The van der Waals surface area contributed by atoms with E-state index in [1.54, 1.807) is 14.2 Å². The number of carbonyl (C=O) groups excluding carboxylic acids is 1. The average molecular weight is 250 g/mol. The molecule has 0 saturated heterocycles. The first kappa shape index (κ1) is 14.5. The van der Waals surface area contributed by atoms with E-state index in [1.165, 1.54) is 0 Å². The first-order chi connectivity index (χ1) is 8.69. The Morgan fingerprint density at radius 1 is 1.39 bits per heavy atom. The Bertz CT molecular complexity index is 380. The summed E-state index contributed by atoms with van der Waals surface area (Å²) in [5.41, 5.74) is 1.14. The highest BCUT2D eigenvalue weighted by Gasteiger charge is 2.09. The summed E-state index contributed by atoms with van der Waals surface area (Å²) in [6.45, 7) is 2.91. The summed E-state index contributed by atoms with van der Waals surface area (Å²) in [6.07, 6.45) is 1.39. The quantitative estimate of drug-likeness (QED) is 0.726. The highest BCUT2D eigenvalue weighted by Crippen LogP contribution is 2.24. The van der Waals surface area contributed by atoms with Crippen molar-refractivity contribution in [3.8, 4) is 5.75 Å². The number of hydrogen-bond acceptors (Lipinski definition) is 3. The number of rotatable bonds is 7. The maximum absolute atomic E-state index is 11.1. The Morgan fingerprint density at radius 3 is 2.78 bits per heavy atom. The van der Waals surface area contributed by atoms with E-state index < -0.39 is 0 Å². The molecule has 2 N–H and O–H groups in total. The van der Waals surface area contributed by atoms with Crippen molar-refractivity contribution < 1.29 is 9.53 Å². The third kappa shape index (κ3) is 4.37. The average Bonchev–Trinajstić information content (AvgIpc) is 2.42. The van der Waals surface area contributed by atoms with Gasteiger partial charge in [0, 0.05) is 25.1 Å². The van der Waals surface area contributed by atoms with E-state index in [9.17, 15) is 4.79 Å². The predicted octanol–water partition coefficient (Wildman–Crippen LogP) is 1.87. The Morgan fingerprint density at radius 2 is 2.11 bits per heavy atom. The summed E-state index contributed by atoms with van der Waals surface area (Å²) < 4.78 is 5.32. The molecule has 1 amide bonds. The minimum atomic E-state index is 0.0849. The van der Waals surface area contributed by atoms with Gasteiger partial charge in [0.05, 0.1) is 7.11 Å². The van der Waals surface area contributed by atoms with Crippen molar-refractivity contribution in [1.29, 1.82) is 0 Å². The summed E-state index contributed by atoms with van der Waals surface area (Å²) >= 11 is 0. The number of para-hydroxylation sites is 1. The summed E-state index contributed by atoms with van der Waals surface area (Å²) in [5.74, 6) is 0.977. The lowest BCUT2D eigenvalue weighted by Gasteiger charge is -2.17. The molecule has 0 aromatic heterocycles. The number of nitrogens with one attached hydrogen (secondary N) is 2. The normalized spacial score (nSPS) is 11.9. The van der Waals surface area contributed by atoms with Crippen LogP contribution in [0.2, 0.25) is 0 Å². The summed E-state index contributed by atoms with van der Waals surface area (Å²) in [4.78, 5) is 11.1. The van der Waals surface area contributed by atoms with Crippen LogP contribution in [0.1, 0.15) is 31.4 Å². The molecular weight excluding hydrogens is 228 g/mol. The van der Waals surface area contributed by atoms with Crippen LogP contribution < -0.4 is 15.4 Å². The van der Waals surface area contributed by atoms with Crippen molar-refractivity contribution in [3.05, 3.63) is 29.8 Å². The van der Waals surface area contributed by atoms with Gasteiger partial charge in [-0.2, -0.15) is 0 Å². The van der Waals surface area contributed by atoms with Crippen LogP contribution in [0.15, 0.2) is 24.3 Å². The molecule has 100 valence electrons. The number of hydrogen-bond donors (Lipinski definition) is 2. The molecule has 1 aromatic rings. The second kappa shape index (κ2) is 7.71. The Labute approximate surface area is 109 Å². The summed E-state index contributed by atoms with van der Waals surface area (Å²) in [6, 6.07) is 8.18. The molecule has 1 atom stereocenters. The van der Waals surface area contributed by atoms with E-state index >= 15 is 0 Å². The lowest BCUT2D eigenvalue weighted by molar-refractivity contribution is -0.120. The van der Waals surface area contributed by atoms with Gasteiger partial charge in [-0.3, -0.25) is 4.79 Å². The molecule has 1 rings (SSSR count). The van der Waals surface area contributed by atoms with Crippen molar-refractivity contribution in [3.63, 3.8) is 0 Å². The van der Waals surface area contributed by atoms with Crippen molar-refractivity contribution in [2.24, 2.45) is 0 Å². The Hall–Kier alpha value is -1.55. The van der Waals surface area contributed by atoms with Crippen LogP contribution in [0.4, 0.5) is 0 Å². The monoisotopic (exact) mass is 250 g/mol. The molecule has 0 spiro atoms. The van der Waals surface area contributed by atoms with Gasteiger partial charge in [-0.15, -0.1) is 0 Å². The zero-order valence-electron chi connectivity index (χ0n) is 11.3. The van der Waals surface area contributed by atoms with Gasteiger partial charge in [-0.25, -0.2) is 0 Å². The zero-order valence-corrected chi connectivity index (χ0v) is 11.3. The molecule has 4 heteroatoms. The molecule has 0 fully saturated rings. The predicted molar refractivity (Wildman–Crippen MR) is 72.7 cm³/mol. The summed E-state index contributed by atoms with van der Waals surface area (Å²) in [7, 11) is 3.34. The molecule has 0 saturated carbocycles. The van der Waals surface area contributed by atoms with E-state index in [-0.39, 0.29) is 11.9 Å². The van der Waals surface area contributed by atoms with E-state index in [0.29, 0.717) is 6.42 Å². The molecular formula is C14H22N2O2. The maximum Gasteiger partial charge on any atom is 0.219 e. The topological polar surface area (TPSA) is 50.4 Å². The van der Waals surface area contributed by atoms with Crippen molar-refractivity contribution in [1.82, 2.24) is 10.6 Å². The van der Waals surface area contributed by atoms with E-state index in [4.69, 9.17) is 4.74 Å². The summed E-state index contributed by atoms with van der Waals surface area (Å²) in [5, 5.41) is 6.01. The lowest BCUT2D eigenvalue weighted by Crippen LogP contribution is -2.23. The number of methoxy groups -OCH3 is 1. The third-order valence-electron chi connectivity index (χ3n) is 2.92. The SMILES string of the molecule is CNC(=O)CCCN[C@H](C)c1ccccc1OC. The first-order valence-electron chi connectivity index (χ1n) is 6.26. The van der Waals surface area contributed by atoms with Crippen LogP contribution >= 0.6 is 0 Å². The minimum absolute atomic E-state index is 0.0849. The molecule has 4 nitrogen and oxygen atoms in total. The highest BCUT2D eigenvalue weighted by atomic mass is 16.5. The van der Waals surface area contributed by atoms with Crippen molar-refractivity contribution in [2.45, 2.75) is 25.8 Å². The maximum atomic E-state index is 11.1. The van der Waals surface area contributed by atoms with Gasteiger partial charge in [-0.05, 0) is 26.0 Å².